The second-order valence-electron chi connectivity index (χ2n) is 3.64. The van der Waals surface area contributed by atoms with Crippen molar-refractivity contribution in [3.8, 4) is 5.75 Å². The summed E-state index contributed by atoms with van der Waals surface area (Å²) in [5, 5.41) is 3.33. The zero-order chi connectivity index (χ0) is 12.1. The number of anilines is 1. The van der Waals surface area contributed by atoms with E-state index in [2.05, 4.69) is 10.3 Å². The number of aromatic nitrogens is 1. The lowest BCUT2D eigenvalue weighted by Gasteiger charge is -2.08. The van der Waals surface area contributed by atoms with Crippen molar-refractivity contribution in [2.45, 2.75) is 13.1 Å². The van der Waals surface area contributed by atoms with Crippen molar-refractivity contribution in [3.63, 3.8) is 0 Å². The summed E-state index contributed by atoms with van der Waals surface area (Å²) in [7, 11) is 1.65. The summed E-state index contributed by atoms with van der Waals surface area (Å²) in [6.07, 6.45) is 1.87. The van der Waals surface area contributed by atoms with Gasteiger partial charge in [-0.05, 0) is 23.8 Å². The lowest BCUT2D eigenvalue weighted by molar-refractivity contribution is 0.414. The van der Waals surface area contributed by atoms with Crippen LogP contribution in [0.25, 0.3) is 0 Å². The van der Waals surface area contributed by atoms with Crippen molar-refractivity contribution in [3.05, 3.63) is 40.3 Å². The quantitative estimate of drug-likeness (QED) is 0.796. The third-order valence-electron chi connectivity index (χ3n) is 2.45. The smallest absolute Gasteiger partial charge is 0.119 e. The Morgan fingerprint density at radius 1 is 1.41 bits per heavy atom. The summed E-state index contributed by atoms with van der Waals surface area (Å²) in [6, 6.07) is 5.68. The van der Waals surface area contributed by atoms with Gasteiger partial charge in [0.25, 0.3) is 0 Å². The molecule has 0 saturated heterocycles. The molecule has 0 spiro atoms. The van der Waals surface area contributed by atoms with Crippen molar-refractivity contribution in [1.29, 1.82) is 0 Å². The molecule has 90 valence electrons. The molecule has 0 bridgehead atoms. The van der Waals surface area contributed by atoms with Gasteiger partial charge in [-0.2, -0.15) is 0 Å². The van der Waals surface area contributed by atoms with Crippen LogP contribution in [0.4, 0.5) is 5.69 Å². The fourth-order valence-corrected chi connectivity index (χ4v) is 2.08. The van der Waals surface area contributed by atoms with E-state index in [0.29, 0.717) is 0 Å². The van der Waals surface area contributed by atoms with Gasteiger partial charge < -0.3 is 15.8 Å². The van der Waals surface area contributed by atoms with Gasteiger partial charge in [0.15, 0.2) is 0 Å². The SMILES string of the molecule is COc1ccc(N)c(CNCc2cncs2)c1. The number of rotatable bonds is 5. The minimum Gasteiger partial charge on any atom is -0.497 e. The zero-order valence-electron chi connectivity index (χ0n) is 9.64. The lowest BCUT2D eigenvalue weighted by atomic mass is 10.1. The van der Waals surface area contributed by atoms with Gasteiger partial charge >= 0.3 is 0 Å². The first-order chi connectivity index (χ1) is 8.29. The maximum absolute atomic E-state index is 5.90. The van der Waals surface area contributed by atoms with Crippen molar-refractivity contribution < 1.29 is 4.74 Å². The Morgan fingerprint density at radius 2 is 2.29 bits per heavy atom. The number of hydrogen-bond donors (Lipinski definition) is 2. The Labute approximate surface area is 104 Å². The van der Waals surface area contributed by atoms with E-state index in [1.54, 1.807) is 18.4 Å². The van der Waals surface area contributed by atoms with E-state index in [9.17, 15) is 0 Å². The topological polar surface area (TPSA) is 60.2 Å². The minimum absolute atomic E-state index is 0.723. The van der Waals surface area contributed by atoms with Crippen LogP contribution in [0, 0.1) is 0 Å². The number of hydrogen-bond acceptors (Lipinski definition) is 5. The second-order valence-corrected chi connectivity index (χ2v) is 4.61. The summed E-state index contributed by atoms with van der Waals surface area (Å²) in [6.45, 7) is 1.53. The van der Waals surface area contributed by atoms with Gasteiger partial charge in [-0.3, -0.25) is 4.98 Å². The average molecular weight is 249 g/mol. The van der Waals surface area contributed by atoms with E-state index in [4.69, 9.17) is 10.5 Å². The molecule has 1 heterocycles. The molecular formula is C12H15N3OS. The van der Waals surface area contributed by atoms with Crippen LogP contribution in [0.5, 0.6) is 5.75 Å². The summed E-state index contributed by atoms with van der Waals surface area (Å²) in [5.41, 5.74) is 9.56. The first-order valence-electron chi connectivity index (χ1n) is 5.30. The van der Waals surface area contributed by atoms with Crippen molar-refractivity contribution in [2.75, 3.05) is 12.8 Å². The predicted molar refractivity (Wildman–Crippen MR) is 70.1 cm³/mol. The Morgan fingerprint density at radius 3 is 3.00 bits per heavy atom. The van der Waals surface area contributed by atoms with Crippen LogP contribution in [0.3, 0.4) is 0 Å². The molecule has 3 N–H and O–H groups in total. The molecule has 2 rings (SSSR count). The van der Waals surface area contributed by atoms with Crippen LogP contribution in [-0.2, 0) is 13.1 Å². The van der Waals surface area contributed by atoms with Gasteiger partial charge in [0.05, 0.1) is 12.6 Å². The third kappa shape index (κ3) is 3.18. The minimum atomic E-state index is 0.723. The Balaban J connectivity index is 1.94. The summed E-state index contributed by atoms with van der Waals surface area (Å²) in [5.74, 6) is 0.828. The van der Waals surface area contributed by atoms with E-state index in [1.807, 2.05) is 29.9 Å². The normalized spacial score (nSPS) is 10.4. The number of ether oxygens (including phenoxy) is 1. The Kier molecular flexibility index (Phi) is 3.95. The highest BCUT2D eigenvalue weighted by Crippen LogP contribution is 2.19. The van der Waals surface area contributed by atoms with Crippen LogP contribution in [0.1, 0.15) is 10.4 Å². The fraction of sp³-hybridized carbons (Fsp3) is 0.250. The molecule has 2 aromatic rings. The van der Waals surface area contributed by atoms with Crippen molar-refractivity contribution in [1.82, 2.24) is 10.3 Å². The molecule has 0 fully saturated rings. The van der Waals surface area contributed by atoms with Gasteiger partial charge in [-0.15, -0.1) is 11.3 Å². The number of thiazole rings is 1. The summed E-state index contributed by atoms with van der Waals surface area (Å²) < 4.78 is 5.17. The summed E-state index contributed by atoms with van der Waals surface area (Å²) in [4.78, 5) is 5.24. The highest BCUT2D eigenvalue weighted by Gasteiger charge is 2.01. The maximum Gasteiger partial charge on any atom is 0.119 e. The Bertz CT molecular complexity index is 471. The number of nitrogens with one attached hydrogen (secondary N) is 1. The van der Waals surface area contributed by atoms with Gasteiger partial charge in [-0.25, -0.2) is 0 Å². The molecule has 1 aromatic heterocycles. The van der Waals surface area contributed by atoms with E-state index in [0.717, 1.165) is 30.1 Å². The first-order valence-corrected chi connectivity index (χ1v) is 6.18. The van der Waals surface area contributed by atoms with Gasteiger partial charge in [0.1, 0.15) is 5.75 Å². The average Bonchev–Trinajstić information content (AvgIpc) is 2.84. The van der Waals surface area contributed by atoms with Gasteiger partial charge in [-0.1, -0.05) is 0 Å². The first kappa shape index (κ1) is 11.9. The highest BCUT2D eigenvalue weighted by atomic mass is 32.1. The van der Waals surface area contributed by atoms with Crippen LogP contribution in [-0.4, -0.2) is 12.1 Å². The van der Waals surface area contributed by atoms with E-state index in [1.165, 1.54) is 4.88 Å². The predicted octanol–water partition coefficient (Wildman–Crippen LogP) is 2.02. The van der Waals surface area contributed by atoms with E-state index >= 15 is 0 Å². The monoisotopic (exact) mass is 249 g/mol. The fourth-order valence-electron chi connectivity index (χ4n) is 1.51. The number of benzene rings is 1. The molecular weight excluding hydrogens is 234 g/mol. The molecule has 0 radical (unpaired) electrons. The zero-order valence-corrected chi connectivity index (χ0v) is 10.5. The Hall–Kier alpha value is -1.59. The molecule has 1 aromatic carbocycles. The van der Waals surface area contributed by atoms with Crippen LogP contribution < -0.4 is 15.8 Å². The standard InChI is InChI=1S/C12H15N3OS/c1-16-10-2-3-12(13)9(4-10)5-14-6-11-7-15-8-17-11/h2-4,7-8,14H,5-6,13H2,1H3. The highest BCUT2D eigenvalue weighted by molar-refractivity contribution is 7.09. The molecule has 0 amide bonds. The lowest BCUT2D eigenvalue weighted by Crippen LogP contribution is -2.13. The molecule has 0 unspecified atom stereocenters. The molecule has 0 aliphatic rings. The second kappa shape index (κ2) is 5.65. The molecule has 0 aliphatic heterocycles. The maximum atomic E-state index is 5.90. The number of nitrogen functional groups attached to an aromatic ring is 1. The number of nitrogens with two attached hydrogens (primary N) is 1. The van der Waals surface area contributed by atoms with Crippen LogP contribution in [0.15, 0.2) is 29.9 Å². The van der Waals surface area contributed by atoms with Crippen LogP contribution >= 0.6 is 11.3 Å². The summed E-state index contributed by atoms with van der Waals surface area (Å²) >= 11 is 1.64. The van der Waals surface area contributed by atoms with Gasteiger partial charge in [0.2, 0.25) is 0 Å². The number of methoxy groups -OCH3 is 1. The molecule has 17 heavy (non-hydrogen) atoms. The van der Waals surface area contributed by atoms with E-state index < -0.39 is 0 Å². The third-order valence-corrected chi connectivity index (χ3v) is 3.23. The number of nitrogens with zero attached hydrogens (tertiary/aromatic N) is 1. The molecule has 4 nitrogen and oxygen atoms in total. The largest absolute Gasteiger partial charge is 0.497 e. The molecule has 0 saturated carbocycles. The van der Waals surface area contributed by atoms with E-state index in [-0.39, 0.29) is 0 Å². The molecule has 5 heteroatoms. The van der Waals surface area contributed by atoms with Crippen molar-refractivity contribution in [2.24, 2.45) is 0 Å². The van der Waals surface area contributed by atoms with Gasteiger partial charge in [0, 0.05) is 29.9 Å². The molecule has 0 aliphatic carbocycles. The van der Waals surface area contributed by atoms with Crippen LogP contribution in [0.2, 0.25) is 0 Å². The van der Waals surface area contributed by atoms with Crippen molar-refractivity contribution >= 4 is 17.0 Å². The molecule has 0 atom stereocenters.